The van der Waals surface area contributed by atoms with Gasteiger partial charge >= 0.3 is 0 Å². The third kappa shape index (κ3) is 14.3. The van der Waals surface area contributed by atoms with Crippen LogP contribution in [0.3, 0.4) is 0 Å². The maximum absolute atomic E-state index is 9.08. The highest BCUT2D eigenvalue weighted by Gasteiger charge is 2.27. The zero-order valence-corrected chi connectivity index (χ0v) is 28.4. The van der Waals surface area contributed by atoms with Gasteiger partial charge in [-0.2, -0.15) is 0 Å². The number of benzene rings is 2. The number of halogens is 2. The summed E-state index contributed by atoms with van der Waals surface area (Å²) in [6.45, 7) is 11.5. The Kier molecular flexibility index (Phi) is 20.0. The predicted octanol–water partition coefficient (Wildman–Crippen LogP) is 4.90. The molecule has 11 heteroatoms. The molecule has 0 bridgehead atoms. The Morgan fingerprint density at radius 2 is 1.23 bits per heavy atom. The van der Waals surface area contributed by atoms with Crippen molar-refractivity contribution in [3.05, 3.63) is 63.1 Å². The molecular weight excluding hydrogens is 601 g/mol. The van der Waals surface area contributed by atoms with Crippen molar-refractivity contribution in [2.24, 2.45) is 22.9 Å². The van der Waals surface area contributed by atoms with Gasteiger partial charge in [-0.25, -0.2) is 0 Å². The van der Waals surface area contributed by atoms with Gasteiger partial charge < -0.3 is 42.2 Å². The summed E-state index contributed by atoms with van der Waals surface area (Å²) >= 11 is 13.3. The first kappa shape index (κ1) is 38.2. The summed E-state index contributed by atoms with van der Waals surface area (Å²) in [5.74, 6) is 0.243. The minimum absolute atomic E-state index is 0.243. The highest BCUT2D eigenvalue weighted by molar-refractivity contribution is 7.93. The van der Waals surface area contributed by atoms with E-state index in [1.165, 1.54) is 24.0 Å². The monoisotopic (exact) mass is 655 g/mol. The third-order valence-corrected chi connectivity index (χ3v) is 8.83. The van der Waals surface area contributed by atoms with Crippen LogP contribution in [0.2, 0.25) is 10.0 Å². The standard InChI is InChI=1S/C16H15Cl2NOS.C16H40N6/c1-19-8-14(10-2-4-12(21-20)5-3-10)13-6-11(17)7-16(18)15(13)9-19;17-7-3-13-21(14-4-8-18)11-1-2-12-22(15-5-9-19)16-6-10-20/h2-7,14,20H,8-9H2,1H3;1-20H2. The average molecular weight is 657 g/mol. The van der Waals surface area contributed by atoms with E-state index >= 15 is 0 Å². The minimum atomic E-state index is 0.243. The average Bonchev–Trinajstić information content (AvgIpc) is 3.01. The molecule has 0 fully saturated rings. The van der Waals surface area contributed by atoms with Gasteiger partial charge in [0.05, 0.1) is 0 Å². The number of nitrogens with two attached hydrogens (primary N) is 4. The van der Waals surface area contributed by atoms with E-state index in [0.717, 1.165) is 132 Å². The summed E-state index contributed by atoms with van der Waals surface area (Å²) in [4.78, 5) is 8.11. The maximum atomic E-state index is 9.08. The van der Waals surface area contributed by atoms with E-state index in [4.69, 9.17) is 50.7 Å². The molecule has 0 radical (unpaired) electrons. The van der Waals surface area contributed by atoms with Gasteiger partial charge in [-0.1, -0.05) is 35.3 Å². The summed E-state index contributed by atoms with van der Waals surface area (Å²) in [6.07, 6.45) is 6.76. The van der Waals surface area contributed by atoms with Gasteiger partial charge in [0, 0.05) is 46.0 Å². The molecular formula is C32H55Cl2N7OS. The molecule has 3 rings (SSSR count). The van der Waals surface area contributed by atoms with E-state index < -0.39 is 0 Å². The molecule has 0 spiro atoms. The number of fused-ring (bicyclic) bond motifs is 1. The van der Waals surface area contributed by atoms with Crippen LogP contribution in [0, 0.1) is 0 Å². The first-order valence-electron chi connectivity index (χ1n) is 15.7. The van der Waals surface area contributed by atoms with Crippen LogP contribution in [0.1, 0.15) is 61.1 Å². The summed E-state index contributed by atoms with van der Waals surface area (Å²) in [5.41, 5.74) is 26.0. The van der Waals surface area contributed by atoms with Crippen molar-refractivity contribution in [1.82, 2.24) is 14.7 Å². The Balaban J connectivity index is 0.000000300. The number of hydrogen-bond donors (Lipinski definition) is 5. The molecule has 43 heavy (non-hydrogen) atoms. The minimum Gasteiger partial charge on any atom is -0.330 e. The van der Waals surface area contributed by atoms with E-state index in [9.17, 15) is 0 Å². The van der Waals surface area contributed by atoms with Crippen molar-refractivity contribution in [3.63, 3.8) is 0 Å². The maximum Gasteiger partial charge on any atom is 0.0468 e. The molecule has 0 amide bonds. The molecule has 1 aliphatic rings. The Labute approximate surface area is 274 Å². The summed E-state index contributed by atoms with van der Waals surface area (Å²) in [7, 11) is 2.10. The van der Waals surface area contributed by atoms with Crippen molar-refractivity contribution in [3.8, 4) is 0 Å². The van der Waals surface area contributed by atoms with E-state index in [1.54, 1.807) is 0 Å². The first-order valence-corrected chi connectivity index (χ1v) is 17.2. The Morgan fingerprint density at radius 1 is 0.767 bits per heavy atom. The lowest BCUT2D eigenvalue weighted by Crippen LogP contribution is -2.32. The fraction of sp³-hybridized carbons (Fsp3) is 0.625. The molecule has 1 atom stereocenters. The van der Waals surface area contributed by atoms with Gasteiger partial charge in [0.25, 0.3) is 0 Å². The van der Waals surface area contributed by atoms with Crippen molar-refractivity contribution in [1.29, 1.82) is 0 Å². The molecule has 1 unspecified atom stereocenters. The molecule has 2 aromatic rings. The second-order valence-electron chi connectivity index (χ2n) is 11.3. The molecule has 0 saturated heterocycles. The molecule has 0 aliphatic carbocycles. The summed E-state index contributed by atoms with van der Waals surface area (Å²) in [5, 5.41) is 1.41. The Bertz CT molecular complexity index is 980. The molecule has 0 aromatic heterocycles. The van der Waals surface area contributed by atoms with Crippen LogP contribution in [0.25, 0.3) is 0 Å². The fourth-order valence-corrected chi connectivity index (χ4v) is 6.32. The lowest BCUT2D eigenvalue weighted by Gasteiger charge is -2.33. The van der Waals surface area contributed by atoms with Crippen LogP contribution in [0.15, 0.2) is 41.3 Å². The zero-order valence-electron chi connectivity index (χ0n) is 26.0. The molecule has 2 aromatic carbocycles. The van der Waals surface area contributed by atoms with E-state index in [-0.39, 0.29) is 5.92 Å². The molecule has 0 saturated carbocycles. The van der Waals surface area contributed by atoms with Crippen LogP contribution in [-0.4, -0.2) is 98.3 Å². The molecule has 8 nitrogen and oxygen atoms in total. The van der Waals surface area contributed by atoms with Crippen LogP contribution in [-0.2, 0) is 6.54 Å². The van der Waals surface area contributed by atoms with E-state index in [1.807, 2.05) is 24.3 Å². The van der Waals surface area contributed by atoms with Crippen molar-refractivity contribution in [2.75, 3.05) is 79.0 Å². The largest absolute Gasteiger partial charge is 0.330 e. The Morgan fingerprint density at radius 3 is 1.67 bits per heavy atom. The smallest absolute Gasteiger partial charge is 0.0468 e. The number of nitrogens with zero attached hydrogens (tertiary/aromatic N) is 3. The second-order valence-corrected chi connectivity index (χ2v) is 12.8. The van der Waals surface area contributed by atoms with E-state index in [2.05, 4.69) is 33.9 Å². The van der Waals surface area contributed by atoms with Crippen LogP contribution >= 0.6 is 35.2 Å². The quantitative estimate of drug-likeness (QED) is 0.106. The number of unbranched alkanes of at least 4 members (excludes halogenated alkanes) is 1. The van der Waals surface area contributed by atoms with Crippen LogP contribution in [0.5, 0.6) is 0 Å². The zero-order chi connectivity index (χ0) is 31.5. The van der Waals surface area contributed by atoms with Crippen molar-refractivity contribution < 1.29 is 4.55 Å². The highest BCUT2D eigenvalue weighted by atomic mass is 35.5. The van der Waals surface area contributed by atoms with Gasteiger partial charge in [-0.15, -0.1) is 0 Å². The number of hydrogen-bond acceptors (Lipinski definition) is 9. The third-order valence-electron chi connectivity index (χ3n) is 7.79. The number of likely N-dealkylation sites (N-methyl/N-ethyl adjacent to an activating group) is 1. The predicted molar refractivity (Wildman–Crippen MR) is 186 cm³/mol. The molecule has 1 aliphatic heterocycles. The Hall–Kier alpha value is -0.950. The molecule has 9 N–H and O–H groups in total. The summed E-state index contributed by atoms with van der Waals surface area (Å²) in [6, 6.07) is 11.8. The van der Waals surface area contributed by atoms with Crippen LogP contribution in [0.4, 0.5) is 0 Å². The normalized spacial score (nSPS) is 15.1. The fourth-order valence-electron chi connectivity index (χ4n) is 5.49. The second kappa shape index (κ2) is 22.5. The molecule has 244 valence electrons. The highest BCUT2D eigenvalue weighted by Crippen LogP contribution is 2.38. The first-order chi connectivity index (χ1) is 20.9. The van der Waals surface area contributed by atoms with Gasteiger partial charge in [0.1, 0.15) is 0 Å². The van der Waals surface area contributed by atoms with Crippen molar-refractivity contribution >= 4 is 35.2 Å². The van der Waals surface area contributed by atoms with E-state index in [0.29, 0.717) is 5.02 Å². The molecule has 1 heterocycles. The van der Waals surface area contributed by atoms with Gasteiger partial charge in [0.15, 0.2) is 0 Å². The lowest BCUT2D eigenvalue weighted by molar-refractivity contribution is 0.237. The van der Waals surface area contributed by atoms with Gasteiger partial charge in [-0.05, 0) is 152 Å². The number of rotatable bonds is 19. The van der Waals surface area contributed by atoms with Crippen molar-refractivity contribution in [2.45, 2.75) is 55.9 Å². The van der Waals surface area contributed by atoms with Gasteiger partial charge in [-0.3, -0.25) is 0 Å². The van der Waals surface area contributed by atoms with Crippen LogP contribution < -0.4 is 22.9 Å². The lowest BCUT2D eigenvalue weighted by atomic mass is 9.85. The topological polar surface area (TPSA) is 134 Å². The van der Waals surface area contributed by atoms with Gasteiger partial charge in [0.2, 0.25) is 0 Å². The summed E-state index contributed by atoms with van der Waals surface area (Å²) < 4.78 is 9.08. The SMILES string of the molecule is CN1Cc2c(Cl)cc(Cl)cc2C(c2ccc(SO)cc2)C1.NCCCN(CCCN)CCCCN(CCCN)CCCN.